The summed E-state index contributed by atoms with van der Waals surface area (Å²) in [4.78, 5) is 20.4. The SMILES string of the molecule is COc1cc(C)c(S)c(C)c1.C[C@H]1CCC[C@@H](COCC(=O)N2CCN(C3CCN(C)CC3)CC2)N1. The van der Waals surface area contributed by atoms with Gasteiger partial charge in [-0.3, -0.25) is 9.69 Å². The van der Waals surface area contributed by atoms with E-state index < -0.39 is 0 Å². The molecule has 3 saturated heterocycles. The van der Waals surface area contributed by atoms with Gasteiger partial charge in [0.05, 0.1) is 13.7 Å². The molecule has 36 heavy (non-hydrogen) atoms. The second-order valence-electron chi connectivity index (χ2n) is 10.8. The zero-order valence-corrected chi connectivity index (χ0v) is 24.0. The summed E-state index contributed by atoms with van der Waals surface area (Å²) in [5, 5.41) is 3.55. The predicted octanol–water partition coefficient (Wildman–Crippen LogP) is 3.37. The van der Waals surface area contributed by atoms with Crippen LogP contribution in [0.3, 0.4) is 0 Å². The Morgan fingerprint density at radius 3 is 2.25 bits per heavy atom. The molecule has 3 aliphatic heterocycles. The molecule has 204 valence electrons. The molecular formula is C28H48N4O3S. The number of aryl methyl sites for hydroxylation is 2. The van der Waals surface area contributed by atoms with Gasteiger partial charge in [-0.15, -0.1) is 12.6 Å². The van der Waals surface area contributed by atoms with Crippen LogP contribution in [-0.4, -0.2) is 105 Å². The molecule has 4 rings (SSSR count). The summed E-state index contributed by atoms with van der Waals surface area (Å²) in [7, 11) is 3.88. The van der Waals surface area contributed by atoms with E-state index in [2.05, 4.69) is 41.7 Å². The predicted molar refractivity (Wildman–Crippen MR) is 149 cm³/mol. The van der Waals surface area contributed by atoms with Gasteiger partial charge >= 0.3 is 0 Å². The average Bonchev–Trinajstić information content (AvgIpc) is 2.88. The number of hydrogen-bond acceptors (Lipinski definition) is 7. The molecule has 0 saturated carbocycles. The van der Waals surface area contributed by atoms with E-state index in [-0.39, 0.29) is 12.5 Å². The molecule has 8 heteroatoms. The number of thiol groups is 1. The van der Waals surface area contributed by atoms with Crippen LogP contribution in [0.2, 0.25) is 0 Å². The Kier molecular flexibility index (Phi) is 11.8. The Hall–Kier alpha value is -1.32. The highest BCUT2D eigenvalue weighted by Gasteiger charge is 2.28. The zero-order chi connectivity index (χ0) is 26.1. The Bertz CT molecular complexity index is 800. The van der Waals surface area contributed by atoms with Crippen LogP contribution in [0.25, 0.3) is 0 Å². The number of nitrogens with one attached hydrogen (secondary N) is 1. The number of carbonyl (C=O) groups excluding carboxylic acids is 1. The van der Waals surface area contributed by atoms with E-state index >= 15 is 0 Å². The second kappa shape index (κ2) is 14.6. The number of piperazine rings is 1. The van der Waals surface area contributed by atoms with Crippen LogP contribution in [0.5, 0.6) is 5.75 Å². The van der Waals surface area contributed by atoms with Gasteiger partial charge in [-0.25, -0.2) is 0 Å². The largest absolute Gasteiger partial charge is 0.497 e. The molecule has 1 N–H and O–H groups in total. The van der Waals surface area contributed by atoms with E-state index in [1.165, 1.54) is 38.8 Å². The number of ether oxygens (including phenoxy) is 2. The van der Waals surface area contributed by atoms with Crippen LogP contribution in [-0.2, 0) is 9.53 Å². The van der Waals surface area contributed by atoms with Crippen molar-refractivity contribution in [1.82, 2.24) is 20.0 Å². The number of amides is 1. The van der Waals surface area contributed by atoms with Crippen molar-refractivity contribution < 1.29 is 14.3 Å². The van der Waals surface area contributed by atoms with Crippen molar-refractivity contribution in [3.8, 4) is 5.75 Å². The van der Waals surface area contributed by atoms with Crippen LogP contribution in [0.15, 0.2) is 17.0 Å². The molecule has 2 atom stereocenters. The summed E-state index contributed by atoms with van der Waals surface area (Å²) < 4.78 is 10.8. The normalized spacial score (nSPS) is 24.2. The summed E-state index contributed by atoms with van der Waals surface area (Å²) in [6.07, 6.45) is 6.20. The number of hydrogen-bond donors (Lipinski definition) is 2. The Morgan fingerprint density at radius 1 is 1.03 bits per heavy atom. The summed E-state index contributed by atoms with van der Waals surface area (Å²) in [5.74, 6) is 1.06. The summed E-state index contributed by atoms with van der Waals surface area (Å²) >= 11 is 4.34. The van der Waals surface area contributed by atoms with Gasteiger partial charge in [0.2, 0.25) is 5.91 Å². The quantitative estimate of drug-likeness (QED) is 0.561. The summed E-state index contributed by atoms with van der Waals surface area (Å²) in [6, 6.07) is 5.66. The molecular weight excluding hydrogens is 472 g/mol. The van der Waals surface area contributed by atoms with Crippen molar-refractivity contribution >= 4 is 18.5 Å². The number of benzene rings is 1. The number of methoxy groups -OCH3 is 1. The first-order valence-corrected chi connectivity index (χ1v) is 14.1. The van der Waals surface area contributed by atoms with Gasteiger partial charge in [0, 0.05) is 49.2 Å². The van der Waals surface area contributed by atoms with Gasteiger partial charge in [0.25, 0.3) is 0 Å². The second-order valence-corrected chi connectivity index (χ2v) is 11.2. The smallest absolute Gasteiger partial charge is 0.248 e. The van der Waals surface area contributed by atoms with E-state index in [0.717, 1.165) is 54.4 Å². The van der Waals surface area contributed by atoms with Crippen LogP contribution >= 0.6 is 12.6 Å². The van der Waals surface area contributed by atoms with Crippen molar-refractivity contribution in [1.29, 1.82) is 0 Å². The standard InChI is InChI=1S/C19H36N4O2.C9H12OS/c1-16-4-3-5-17(20-16)14-25-15-19(24)23-12-10-22(11-13-23)18-6-8-21(2)9-7-18;1-6-4-8(10-3)5-7(2)9(6)11/h16-18,20H,3-15H2,1-2H3;4-5,11H,1-3H3/t16-,17-;/m0./s1. The van der Waals surface area contributed by atoms with E-state index in [0.29, 0.717) is 24.7 Å². The third-order valence-electron chi connectivity index (χ3n) is 7.83. The number of nitrogens with zero attached hydrogens (tertiary/aromatic N) is 3. The summed E-state index contributed by atoms with van der Waals surface area (Å²) in [6.45, 7) is 13.3. The van der Waals surface area contributed by atoms with Crippen molar-refractivity contribution in [3.05, 3.63) is 23.3 Å². The van der Waals surface area contributed by atoms with Crippen molar-refractivity contribution in [3.63, 3.8) is 0 Å². The number of likely N-dealkylation sites (tertiary alicyclic amines) is 1. The highest BCUT2D eigenvalue weighted by atomic mass is 32.1. The minimum Gasteiger partial charge on any atom is -0.497 e. The van der Waals surface area contributed by atoms with Gasteiger partial charge in [-0.2, -0.15) is 0 Å². The molecule has 7 nitrogen and oxygen atoms in total. The molecule has 0 aliphatic carbocycles. The van der Waals surface area contributed by atoms with Crippen molar-refractivity contribution in [2.45, 2.75) is 75.9 Å². The minimum atomic E-state index is 0.159. The van der Waals surface area contributed by atoms with Gasteiger partial charge in [0.1, 0.15) is 12.4 Å². The molecule has 0 bridgehead atoms. The molecule has 1 aromatic rings. The van der Waals surface area contributed by atoms with Crippen LogP contribution in [0, 0.1) is 13.8 Å². The highest BCUT2D eigenvalue weighted by molar-refractivity contribution is 7.80. The maximum atomic E-state index is 12.4. The fraction of sp³-hybridized carbons (Fsp3) is 0.750. The van der Waals surface area contributed by atoms with Crippen LogP contribution in [0.4, 0.5) is 0 Å². The zero-order valence-electron chi connectivity index (χ0n) is 23.1. The fourth-order valence-electron chi connectivity index (χ4n) is 5.48. The fourth-order valence-corrected chi connectivity index (χ4v) is 5.61. The monoisotopic (exact) mass is 520 g/mol. The van der Waals surface area contributed by atoms with E-state index in [1.807, 2.05) is 30.9 Å². The molecule has 1 amide bonds. The van der Waals surface area contributed by atoms with Crippen LogP contribution in [0.1, 0.15) is 50.2 Å². The van der Waals surface area contributed by atoms with E-state index in [1.54, 1.807) is 7.11 Å². The highest BCUT2D eigenvalue weighted by Crippen LogP contribution is 2.24. The molecule has 0 spiro atoms. The molecule has 3 heterocycles. The lowest BCUT2D eigenvalue weighted by atomic mass is 10.0. The van der Waals surface area contributed by atoms with Gasteiger partial charge < -0.3 is 24.6 Å². The van der Waals surface area contributed by atoms with E-state index in [9.17, 15) is 4.79 Å². The third-order valence-corrected chi connectivity index (χ3v) is 8.53. The molecule has 3 fully saturated rings. The van der Waals surface area contributed by atoms with Crippen LogP contribution < -0.4 is 10.1 Å². The lowest BCUT2D eigenvalue weighted by Crippen LogP contribution is -2.54. The molecule has 3 aliphatic rings. The Balaban J connectivity index is 0.000000275. The minimum absolute atomic E-state index is 0.159. The average molecular weight is 521 g/mol. The topological polar surface area (TPSA) is 57.3 Å². The molecule has 0 aromatic heterocycles. The third kappa shape index (κ3) is 8.91. The first-order valence-electron chi connectivity index (χ1n) is 13.6. The molecule has 1 aromatic carbocycles. The van der Waals surface area contributed by atoms with Gasteiger partial charge in [0.15, 0.2) is 0 Å². The van der Waals surface area contributed by atoms with Gasteiger partial charge in [-0.1, -0.05) is 6.42 Å². The lowest BCUT2D eigenvalue weighted by Gasteiger charge is -2.42. The maximum Gasteiger partial charge on any atom is 0.248 e. The summed E-state index contributed by atoms with van der Waals surface area (Å²) in [5.41, 5.74) is 2.32. The lowest BCUT2D eigenvalue weighted by molar-refractivity contribution is -0.138. The Morgan fingerprint density at radius 2 is 1.67 bits per heavy atom. The number of carbonyl (C=O) groups is 1. The molecule has 0 unspecified atom stereocenters. The Labute approximate surface area is 224 Å². The van der Waals surface area contributed by atoms with E-state index in [4.69, 9.17) is 9.47 Å². The van der Waals surface area contributed by atoms with Crippen molar-refractivity contribution in [2.24, 2.45) is 0 Å². The number of rotatable bonds is 6. The first kappa shape index (κ1) is 29.2. The van der Waals surface area contributed by atoms with Crippen molar-refractivity contribution in [2.75, 3.05) is 66.6 Å². The first-order chi connectivity index (χ1) is 17.3. The maximum absolute atomic E-state index is 12.4. The van der Waals surface area contributed by atoms with Gasteiger partial charge in [-0.05, 0) is 89.9 Å². The number of piperidine rings is 2. The molecule has 0 radical (unpaired) electrons.